The zero-order valence-electron chi connectivity index (χ0n) is 11.4. The summed E-state index contributed by atoms with van der Waals surface area (Å²) in [5.74, 6) is -0.939. The van der Waals surface area contributed by atoms with Crippen molar-refractivity contribution in [2.45, 2.75) is 45.1 Å². The highest BCUT2D eigenvalue weighted by molar-refractivity contribution is 5.76. The van der Waals surface area contributed by atoms with Crippen molar-refractivity contribution in [3.63, 3.8) is 0 Å². The second kappa shape index (κ2) is 7.92. The van der Waals surface area contributed by atoms with Crippen LogP contribution in [0.5, 0.6) is 0 Å². The SMILES string of the molecule is CN(CCCCCO)C(=O)NC(C)(C)CC(=O)O. The van der Waals surface area contributed by atoms with Crippen LogP contribution < -0.4 is 5.32 Å². The Morgan fingerprint density at radius 1 is 1.22 bits per heavy atom. The quantitative estimate of drug-likeness (QED) is 0.569. The molecule has 3 N–H and O–H groups in total. The van der Waals surface area contributed by atoms with Gasteiger partial charge in [-0.25, -0.2) is 4.79 Å². The Kier molecular flexibility index (Phi) is 7.35. The second-order valence-corrected chi connectivity index (χ2v) is 5.09. The molecule has 0 aliphatic rings. The maximum absolute atomic E-state index is 11.8. The van der Waals surface area contributed by atoms with Crippen LogP contribution >= 0.6 is 0 Å². The summed E-state index contributed by atoms with van der Waals surface area (Å²) in [6, 6.07) is -0.273. The van der Waals surface area contributed by atoms with E-state index in [0.29, 0.717) is 6.54 Å². The molecule has 0 heterocycles. The minimum Gasteiger partial charge on any atom is -0.481 e. The molecule has 0 aromatic rings. The first kappa shape index (κ1) is 16.7. The van der Waals surface area contributed by atoms with Gasteiger partial charge in [0.15, 0.2) is 0 Å². The van der Waals surface area contributed by atoms with Gasteiger partial charge in [0.25, 0.3) is 0 Å². The van der Waals surface area contributed by atoms with E-state index in [2.05, 4.69) is 5.32 Å². The van der Waals surface area contributed by atoms with E-state index in [1.54, 1.807) is 20.9 Å². The van der Waals surface area contributed by atoms with Crippen LogP contribution in [0.25, 0.3) is 0 Å². The average molecular weight is 260 g/mol. The van der Waals surface area contributed by atoms with Crippen molar-refractivity contribution in [3.05, 3.63) is 0 Å². The Morgan fingerprint density at radius 2 is 1.83 bits per heavy atom. The fourth-order valence-corrected chi connectivity index (χ4v) is 1.55. The number of rotatable bonds is 8. The van der Waals surface area contributed by atoms with Crippen LogP contribution in [0.1, 0.15) is 39.5 Å². The Balaban J connectivity index is 4.02. The minimum atomic E-state index is -0.939. The van der Waals surface area contributed by atoms with Crippen LogP contribution in [-0.4, -0.2) is 52.9 Å². The smallest absolute Gasteiger partial charge is 0.317 e. The number of aliphatic carboxylic acids is 1. The molecule has 6 heteroatoms. The fraction of sp³-hybridized carbons (Fsp3) is 0.833. The van der Waals surface area contributed by atoms with Crippen LogP contribution in [0.3, 0.4) is 0 Å². The van der Waals surface area contributed by atoms with E-state index in [0.717, 1.165) is 19.3 Å². The number of hydrogen-bond donors (Lipinski definition) is 3. The molecule has 2 amide bonds. The third-order valence-corrected chi connectivity index (χ3v) is 2.54. The number of carbonyl (C=O) groups excluding carboxylic acids is 1. The van der Waals surface area contributed by atoms with Gasteiger partial charge in [-0.05, 0) is 33.1 Å². The number of nitrogens with one attached hydrogen (secondary N) is 1. The summed E-state index contributed by atoms with van der Waals surface area (Å²) in [4.78, 5) is 23.9. The van der Waals surface area contributed by atoms with Crippen LogP contribution in [0.2, 0.25) is 0 Å². The highest BCUT2D eigenvalue weighted by atomic mass is 16.4. The summed E-state index contributed by atoms with van der Waals surface area (Å²) in [6.45, 7) is 4.12. The molecule has 0 atom stereocenters. The highest BCUT2D eigenvalue weighted by Gasteiger charge is 2.25. The van der Waals surface area contributed by atoms with E-state index in [1.807, 2.05) is 0 Å². The molecule has 0 aliphatic heterocycles. The van der Waals surface area contributed by atoms with Crippen molar-refractivity contribution < 1.29 is 19.8 Å². The summed E-state index contributed by atoms with van der Waals surface area (Å²) in [7, 11) is 1.67. The molecular weight excluding hydrogens is 236 g/mol. The summed E-state index contributed by atoms with van der Waals surface area (Å²) < 4.78 is 0. The van der Waals surface area contributed by atoms with Gasteiger partial charge in [0.1, 0.15) is 0 Å². The predicted molar refractivity (Wildman–Crippen MR) is 68.4 cm³/mol. The Morgan fingerprint density at radius 3 is 2.33 bits per heavy atom. The topological polar surface area (TPSA) is 89.9 Å². The molecular formula is C12H24N2O4. The van der Waals surface area contributed by atoms with Crippen molar-refractivity contribution in [2.75, 3.05) is 20.2 Å². The van der Waals surface area contributed by atoms with E-state index >= 15 is 0 Å². The number of hydrogen-bond acceptors (Lipinski definition) is 3. The van der Waals surface area contributed by atoms with Gasteiger partial charge in [0.2, 0.25) is 0 Å². The monoisotopic (exact) mass is 260 g/mol. The second-order valence-electron chi connectivity index (χ2n) is 5.09. The van der Waals surface area contributed by atoms with Crippen molar-refractivity contribution in [2.24, 2.45) is 0 Å². The molecule has 0 aromatic heterocycles. The highest BCUT2D eigenvalue weighted by Crippen LogP contribution is 2.09. The van der Waals surface area contributed by atoms with Gasteiger partial charge in [-0.15, -0.1) is 0 Å². The first-order valence-electron chi connectivity index (χ1n) is 6.14. The number of carbonyl (C=O) groups is 2. The van der Waals surface area contributed by atoms with Crippen LogP contribution in [0.15, 0.2) is 0 Å². The lowest BCUT2D eigenvalue weighted by Gasteiger charge is -2.28. The molecule has 0 aliphatic carbocycles. The summed E-state index contributed by atoms with van der Waals surface area (Å²) in [6.07, 6.45) is 2.31. The molecule has 0 saturated heterocycles. The van der Waals surface area contributed by atoms with E-state index in [9.17, 15) is 9.59 Å². The largest absolute Gasteiger partial charge is 0.481 e. The van der Waals surface area contributed by atoms with Crippen LogP contribution in [-0.2, 0) is 4.79 Å². The molecule has 0 saturated carbocycles. The molecule has 0 radical (unpaired) electrons. The van der Waals surface area contributed by atoms with Gasteiger partial charge in [0.05, 0.1) is 6.42 Å². The number of amides is 2. The molecule has 0 unspecified atom stereocenters. The number of aliphatic hydroxyl groups excluding tert-OH is 1. The van der Waals surface area contributed by atoms with Gasteiger partial charge < -0.3 is 20.4 Å². The minimum absolute atomic E-state index is 0.114. The zero-order valence-corrected chi connectivity index (χ0v) is 11.4. The van der Waals surface area contributed by atoms with Gasteiger partial charge in [-0.3, -0.25) is 4.79 Å². The van der Waals surface area contributed by atoms with Crippen molar-refractivity contribution in [1.82, 2.24) is 10.2 Å². The standard InChI is InChI=1S/C12H24N2O4/c1-12(2,9-10(16)17)13-11(18)14(3)7-5-4-6-8-15/h15H,4-9H2,1-3H3,(H,13,18)(H,16,17). The van der Waals surface area contributed by atoms with Crippen LogP contribution in [0, 0.1) is 0 Å². The molecule has 0 aromatic carbocycles. The fourth-order valence-electron chi connectivity index (χ4n) is 1.55. The number of urea groups is 1. The summed E-state index contributed by atoms with van der Waals surface area (Å²) in [5.41, 5.74) is -0.762. The number of aliphatic hydroxyl groups is 1. The number of nitrogens with zero attached hydrogens (tertiary/aromatic N) is 1. The van der Waals surface area contributed by atoms with Gasteiger partial charge in [0, 0.05) is 25.7 Å². The van der Waals surface area contributed by atoms with E-state index in [1.165, 1.54) is 4.90 Å². The molecule has 0 bridgehead atoms. The van der Waals surface area contributed by atoms with Crippen molar-refractivity contribution >= 4 is 12.0 Å². The molecule has 0 fully saturated rings. The van der Waals surface area contributed by atoms with Gasteiger partial charge in [-0.2, -0.15) is 0 Å². The average Bonchev–Trinajstić information content (AvgIpc) is 2.21. The lowest BCUT2D eigenvalue weighted by molar-refractivity contribution is -0.138. The zero-order chi connectivity index (χ0) is 14.2. The number of carboxylic acid groups (broad SMARTS) is 1. The van der Waals surface area contributed by atoms with E-state index < -0.39 is 11.5 Å². The number of unbranched alkanes of at least 4 members (excludes halogenated alkanes) is 2. The summed E-state index contributed by atoms with van der Waals surface area (Å²) >= 11 is 0. The maximum Gasteiger partial charge on any atom is 0.317 e. The Hall–Kier alpha value is -1.30. The van der Waals surface area contributed by atoms with Crippen molar-refractivity contribution in [1.29, 1.82) is 0 Å². The first-order valence-corrected chi connectivity index (χ1v) is 6.14. The number of carboxylic acids is 1. The Bertz CT molecular complexity index is 279. The molecule has 6 nitrogen and oxygen atoms in total. The normalized spacial score (nSPS) is 11.1. The lowest BCUT2D eigenvalue weighted by Crippen LogP contribution is -2.50. The maximum atomic E-state index is 11.8. The molecule has 18 heavy (non-hydrogen) atoms. The van der Waals surface area contributed by atoms with Gasteiger partial charge >= 0.3 is 12.0 Å². The summed E-state index contributed by atoms with van der Waals surface area (Å²) in [5, 5.41) is 20.0. The lowest BCUT2D eigenvalue weighted by atomic mass is 10.0. The third kappa shape index (κ3) is 7.89. The first-order chi connectivity index (χ1) is 8.28. The Labute approximate surface area is 108 Å². The third-order valence-electron chi connectivity index (χ3n) is 2.54. The van der Waals surface area contributed by atoms with Crippen LogP contribution in [0.4, 0.5) is 4.79 Å². The van der Waals surface area contributed by atoms with E-state index in [-0.39, 0.29) is 19.1 Å². The van der Waals surface area contributed by atoms with Gasteiger partial charge in [-0.1, -0.05) is 0 Å². The molecule has 0 rings (SSSR count). The van der Waals surface area contributed by atoms with Crippen molar-refractivity contribution in [3.8, 4) is 0 Å². The predicted octanol–water partition coefficient (Wildman–Crippen LogP) is 1.04. The molecule has 106 valence electrons. The molecule has 0 spiro atoms. The van der Waals surface area contributed by atoms with E-state index in [4.69, 9.17) is 10.2 Å².